The Hall–Kier alpha value is -1.35. The summed E-state index contributed by atoms with van der Waals surface area (Å²) in [6.45, 7) is 7.94. The van der Waals surface area contributed by atoms with Gasteiger partial charge in [-0.2, -0.15) is 0 Å². The molecule has 1 saturated heterocycles. The van der Waals surface area contributed by atoms with E-state index in [0.717, 1.165) is 25.9 Å². The van der Waals surface area contributed by atoms with Gasteiger partial charge in [-0.1, -0.05) is 44.2 Å². The number of hydrogen-bond donors (Lipinski definition) is 1. The van der Waals surface area contributed by atoms with Crippen molar-refractivity contribution in [1.82, 2.24) is 10.2 Å². The summed E-state index contributed by atoms with van der Waals surface area (Å²) < 4.78 is 0. The number of carbonyl (C=O) groups is 1. The van der Waals surface area contributed by atoms with E-state index in [4.69, 9.17) is 0 Å². The Labute approximate surface area is 122 Å². The molecule has 1 atom stereocenters. The number of hydrogen-bond acceptors (Lipinski definition) is 2. The van der Waals surface area contributed by atoms with E-state index < -0.39 is 0 Å². The SMILES string of the molecule is CC(=O)N1CCC(NC(c2ccccc2)C(C)C)CC1. The predicted octanol–water partition coefficient (Wildman–Crippen LogP) is 2.98. The molecular formula is C17H26N2O. The van der Waals surface area contributed by atoms with Crippen molar-refractivity contribution < 1.29 is 4.79 Å². The highest BCUT2D eigenvalue weighted by atomic mass is 16.2. The van der Waals surface area contributed by atoms with Crippen LogP contribution in [-0.4, -0.2) is 29.9 Å². The van der Waals surface area contributed by atoms with E-state index in [1.807, 2.05) is 4.90 Å². The fourth-order valence-electron chi connectivity index (χ4n) is 2.95. The number of nitrogens with zero attached hydrogens (tertiary/aromatic N) is 1. The quantitative estimate of drug-likeness (QED) is 0.915. The number of benzene rings is 1. The standard InChI is InChI=1S/C17H26N2O/c1-13(2)17(15-7-5-4-6-8-15)18-16-9-11-19(12-10-16)14(3)20/h4-8,13,16-18H,9-12H2,1-3H3. The molecule has 1 aromatic rings. The first-order valence-electron chi connectivity index (χ1n) is 7.64. The van der Waals surface area contributed by atoms with Gasteiger partial charge in [0.25, 0.3) is 0 Å². The van der Waals surface area contributed by atoms with E-state index in [9.17, 15) is 4.79 Å². The van der Waals surface area contributed by atoms with Gasteiger partial charge in [0.05, 0.1) is 0 Å². The lowest BCUT2D eigenvalue weighted by Gasteiger charge is -2.35. The second-order valence-electron chi connectivity index (χ2n) is 6.08. The zero-order chi connectivity index (χ0) is 14.5. The third kappa shape index (κ3) is 3.83. The molecule has 1 N–H and O–H groups in total. The Morgan fingerprint density at radius 2 is 1.80 bits per heavy atom. The topological polar surface area (TPSA) is 32.3 Å². The summed E-state index contributed by atoms with van der Waals surface area (Å²) in [6.07, 6.45) is 2.10. The van der Waals surface area contributed by atoms with Crippen molar-refractivity contribution in [1.29, 1.82) is 0 Å². The third-order valence-electron chi connectivity index (χ3n) is 4.18. The van der Waals surface area contributed by atoms with Gasteiger partial charge in [0.1, 0.15) is 0 Å². The smallest absolute Gasteiger partial charge is 0.219 e. The Morgan fingerprint density at radius 3 is 2.30 bits per heavy atom. The average molecular weight is 274 g/mol. The van der Waals surface area contributed by atoms with Crippen LogP contribution >= 0.6 is 0 Å². The summed E-state index contributed by atoms with van der Waals surface area (Å²) in [5.41, 5.74) is 1.36. The molecule has 1 amide bonds. The lowest BCUT2D eigenvalue weighted by atomic mass is 9.93. The Morgan fingerprint density at radius 1 is 1.20 bits per heavy atom. The van der Waals surface area contributed by atoms with Crippen molar-refractivity contribution in [2.45, 2.75) is 45.7 Å². The van der Waals surface area contributed by atoms with Gasteiger partial charge in [-0.3, -0.25) is 4.79 Å². The van der Waals surface area contributed by atoms with Crippen molar-refractivity contribution >= 4 is 5.91 Å². The fourth-order valence-corrected chi connectivity index (χ4v) is 2.95. The number of carbonyl (C=O) groups excluding carboxylic acids is 1. The van der Waals surface area contributed by atoms with E-state index in [2.05, 4.69) is 49.5 Å². The van der Waals surface area contributed by atoms with Gasteiger partial charge in [-0.15, -0.1) is 0 Å². The van der Waals surface area contributed by atoms with Crippen LogP contribution in [0.3, 0.4) is 0 Å². The first-order valence-corrected chi connectivity index (χ1v) is 7.64. The van der Waals surface area contributed by atoms with Gasteiger partial charge in [0.2, 0.25) is 5.91 Å². The van der Waals surface area contributed by atoms with Crippen LogP contribution in [0.25, 0.3) is 0 Å². The van der Waals surface area contributed by atoms with Gasteiger partial charge in [0.15, 0.2) is 0 Å². The first-order chi connectivity index (χ1) is 9.58. The van der Waals surface area contributed by atoms with Gasteiger partial charge in [-0.05, 0) is 24.3 Å². The maximum absolute atomic E-state index is 11.4. The highest BCUT2D eigenvalue weighted by Crippen LogP contribution is 2.24. The highest BCUT2D eigenvalue weighted by Gasteiger charge is 2.24. The highest BCUT2D eigenvalue weighted by molar-refractivity contribution is 5.73. The van der Waals surface area contributed by atoms with E-state index in [1.165, 1.54) is 5.56 Å². The minimum absolute atomic E-state index is 0.201. The van der Waals surface area contributed by atoms with E-state index in [-0.39, 0.29) is 5.91 Å². The number of piperidine rings is 1. The molecule has 1 heterocycles. The van der Waals surface area contributed by atoms with Crippen molar-refractivity contribution in [2.75, 3.05) is 13.1 Å². The van der Waals surface area contributed by atoms with Gasteiger partial charge in [-0.25, -0.2) is 0 Å². The molecule has 0 bridgehead atoms. The van der Waals surface area contributed by atoms with Crippen LogP contribution < -0.4 is 5.32 Å². The maximum atomic E-state index is 11.4. The van der Waals surface area contributed by atoms with E-state index >= 15 is 0 Å². The molecule has 1 fully saturated rings. The normalized spacial score (nSPS) is 18.3. The predicted molar refractivity (Wildman–Crippen MR) is 82.4 cm³/mol. The minimum Gasteiger partial charge on any atom is -0.343 e. The average Bonchev–Trinajstić information content (AvgIpc) is 2.46. The molecule has 0 aliphatic carbocycles. The van der Waals surface area contributed by atoms with Gasteiger partial charge < -0.3 is 10.2 Å². The number of likely N-dealkylation sites (tertiary alicyclic amines) is 1. The van der Waals surface area contributed by atoms with E-state index in [1.54, 1.807) is 6.92 Å². The van der Waals surface area contributed by atoms with Crippen molar-refractivity contribution in [3.05, 3.63) is 35.9 Å². The van der Waals surface area contributed by atoms with Crippen LogP contribution in [0.4, 0.5) is 0 Å². The van der Waals surface area contributed by atoms with Crippen molar-refractivity contribution in [3.63, 3.8) is 0 Å². The molecule has 0 saturated carbocycles. The minimum atomic E-state index is 0.201. The monoisotopic (exact) mass is 274 g/mol. The van der Waals surface area contributed by atoms with Gasteiger partial charge in [0, 0.05) is 32.1 Å². The molecule has 0 spiro atoms. The van der Waals surface area contributed by atoms with Crippen LogP contribution in [0, 0.1) is 5.92 Å². The van der Waals surface area contributed by atoms with Crippen LogP contribution in [0.1, 0.15) is 45.2 Å². The van der Waals surface area contributed by atoms with Crippen LogP contribution in [-0.2, 0) is 4.79 Å². The third-order valence-corrected chi connectivity index (χ3v) is 4.18. The largest absolute Gasteiger partial charge is 0.343 e. The second-order valence-corrected chi connectivity index (χ2v) is 6.08. The summed E-state index contributed by atoms with van der Waals surface area (Å²) in [6, 6.07) is 11.6. The second kappa shape index (κ2) is 6.89. The lowest BCUT2D eigenvalue weighted by Crippen LogP contribution is -2.45. The van der Waals surface area contributed by atoms with E-state index in [0.29, 0.717) is 18.0 Å². The molecule has 1 aliphatic rings. The lowest BCUT2D eigenvalue weighted by molar-refractivity contribution is -0.129. The summed E-state index contributed by atoms with van der Waals surface area (Å²) in [5.74, 6) is 0.759. The summed E-state index contributed by atoms with van der Waals surface area (Å²) >= 11 is 0. The first kappa shape index (κ1) is 15.0. The summed E-state index contributed by atoms with van der Waals surface area (Å²) in [4.78, 5) is 13.3. The molecule has 0 aromatic heterocycles. The summed E-state index contributed by atoms with van der Waals surface area (Å²) in [7, 11) is 0. The fraction of sp³-hybridized carbons (Fsp3) is 0.588. The molecule has 2 rings (SSSR count). The number of nitrogens with one attached hydrogen (secondary N) is 1. The Balaban J connectivity index is 1.95. The zero-order valence-corrected chi connectivity index (χ0v) is 12.8. The van der Waals surface area contributed by atoms with Crippen molar-refractivity contribution in [3.8, 4) is 0 Å². The van der Waals surface area contributed by atoms with Crippen LogP contribution in [0.5, 0.6) is 0 Å². The molecule has 110 valence electrons. The zero-order valence-electron chi connectivity index (χ0n) is 12.8. The number of rotatable bonds is 4. The molecular weight excluding hydrogens is 248 g/mol. The molecule has 1 aromatic carbocycles. The molecule has 0 radical (unpaired) electrons. The Kier molecular flexibility index (Phi) is 5.18. The summed E-state index contributed by atoms with van der Waals surface area (Å²) in [5, 5.41) is 3.79. The number of amides is 1. The molecule has 3 nitrogen and oxygen atoms in total. The Bertz CT molecular complexity index is 422. The molecule has 3 heteroatoms. The van der Waals surface area contributed by atoms with Gasteiger partial charge >= 0.3 is 0 Å². The molecule has 20 heavy (non-hydrogen) atoms. The van der Waals surface area contributed by atoms with Crippen LogP contribution in [0.15, 0.2) is 30.3 Å². The molecule has 1 aliphatic heterocycles. The van der Waals surface area contributed by atoms with Crippen molar-refractivity contribution in [2.24, 2.45) is 5.92 Å². The van der Waals surface area contributed by atoms with Crippen LogP contribution in [0.2, 0.25) is 0 Å². The maximum Gasteiger partial charge on any atom is 0.219 e. The molecule has 1 unspecified atom stereocenters.